The second-order valence-electron chi connectivity index (χ2n) is 7.65. The van der Waals surface area contributed by atoms with Gasteiger partial charge in [-0.25, -0.2) is 8.42 Å². The molecule has 2 aromatic rings. The molecule has 176 valence electrons. The first-order chi connectivity index (χ1) is 15.7. The molecule has 0 unspecified atom stereocenters. The lowest BCUT2D eigenvalue weighted by molar-refractivity contribution is -0.122. The summed E-state index contributed by atoms with van der Waals surface area (Å²) in [6.45, 7) is 4.54. The number of ether oxygens (including phenoxy) is 2. The van der Waals surface area contributed by atoms with Crippen molar-refractivity contribution in [1.29, 1.82) is 0 Å². The monoisotopic (exact) mass is 493 g/mol. The van der Waals surface area contributed by atoms with Gasteiger partial charge in [0.1, 0.15) is 16.4 Å². The molecule has 33 heavy (non-hydrogen) atoms. The molecule has 2 heterocycles. The van der Waals surface area contributed by atoms with Crippen LogP contribution in [0.5, 0.6) is 11.5 Å². The van der Waals surface area contributed by atoms with Crippen LogP contribution < -0.4 is 14.8 Å². The first-order valence-electron chi connectivity index (χ1n) is 10.5. The van der Waals surface area contributed by atoms with Gasteiger partial charge in [0.05, 0.1) is 22.9 Å². The van der Waals surface area contributed by atoms with Crippen molar-refractivity contribution in [3.8, 4) is 11.5 Å². The predicted octanol–water partition coefficient (Wildman–Crippen LogP) is 2.60. The van der Waals surface area contributed by atoms with Crippen molar-refractivity contribution < 1.29 is 27.5 Å². The van der Waals surface area contributed by atoms with Crippen molar-refractivity contribution in [3.05, 3.63) is 47.0 Å². The van der Waals surface area contributed by atoms with E-state index in [1.54, 1.807) is 36.1 Å². The van der Waals surface area contributed by atoms with Crippen LogP contribution in [0.3, 0.4) is 0 Å². The first-order valence-corrected chi connectivity index (χ1v) is 12.4. The summed E-state index contributed by atoms with van der Waals surface area (Å²) >= 11 is 6.26. The Morgan fingerprint density at radius 1 is 1.21 bits per heavy atom. The quantitative estimate of drug-likeness (QED) is 0.686. The molecular formula is C22H24ClN3O6S. The Morgan fingerprint density at radius 3 is 2.61 bits per heavy atom. The van der Waals surface area contributed by atoms with Gasteiger partial charge in [-0.15, -0.1) is 0 Å². The fourth-order valence-corrected chi connectivity index (χ4v) is 5.71. The highest BCUT2D eigenvalue weighted by atomic mass is 35.5. The Bertz CT molecular complexity index is 1190. The van der Waals surface area contributed by atoms with Crippen LogP contribution in [0.4, 0.5) is 5.69 Å². The minimum Gasteiger partial charge on any atom is -0.493 e. The van der Waals surface area contributed by atoms with Crippen molar-refractivity contribution >= 4 is 39.1 Å². The molecule has 2 amide bonds. The number of nitrogens with zero attached hydrogens (tertiary/aromatic N) is 2. The summed E-state index contributed by atoms with van der Waals surface area (Å²) in [5, 5.41) is 2.63. The zero-order valence-electron chi connectivity index (χ0n) is 18.2. The fourth-order valence-electron chi connectivity index (χ4n) is 3.77. The number of amides is 2. The van der Waals surface area contributed by atoms with Gasteiger partial charge in [-0.3, -0.25) is 9.59 Å². The van der Waals surface area contributed by atoms with E-state index in [-0.39, 0.29) is 53.7 Å². The SMILES string of the molecule is CCOc1ccccc1C(=O)N1CCN(S(=O)(=O)c2cc3c(cc2Cl)NC(=O)[C@@H](C)O3)CC1. The van der Waals surface area contributed by atoms with Crippen molar-refractivity contribution in [2.45, 2.75) is 24.8 Å². The number of hydrogen-bond donors (Lipinski definition) is 1. The van der Waals surface area contributed by atoms with Crippen LogP contribution in [-0.2, 0) is 14.8 Å². The van der Waals surface area contributed by atoms with Gasteiger partial charge < -0.3 is 19.7 Å². The van der Waals surface area contributed by atoms with E-state index in [0.717, 1.165) is 0 Å². The summed E-state index contributed by atoms with van der Waals surface area (Å²) in [5.74, 6) is 0.204. The van der Waals surface area contributed by atoms with Crippen LogP contribution in [0.1, 0.15) is 24.2 Å². The van der Waals surface area contributed by atoms with Gasteiger partial charge >= 0.3 is 0 Å². The molecule has 0 aliphatic carbocycles. The number of carbonyl (C=O) groups is 2. The lowest BCUT2D eigenvalue weighted by atomic mass is 10.1. The Morgan fingerprint density at radius 2 is 1.91 bits per heavy atom. The summed E-state index contributed by atoms with van der Waals surface area (Å²) in [7, 11) is -3.94. The molecule has 9 nitrogen and oxygen atoms in total. The maximum absolute atomic E-state index is 13.3. The third-order valence-electron chi connectivity index (χ3n) is 5.53. The van der Waals surface area contributed by atoms with Gasteiger partial charge in [0.2, 0.25) is 10.0 Å². The van der Waals surface area contributed by atoms with Crippen LogP contribution in [0, 0.1) is 0 Å². The van der Waals surface area contributed by atoms with Crippen LogP contribution in [0.15, 0.2) is 41.3 Å². The maximum atomic E-state index is 13.3. The number of anilines is 1. The molecule has 0 radical (unpaired) electrons. The fraction of sp³-hybridized carbons (Fsp3) is 0.364. The lowest BCUT2D eigenvalue weighted by Crippen LogP contribution is -2.50. The van der Waals surface area contributed by atoms with E-state index in [1.165, 1.54) is 16.4 Å². The molecule has 4 rings (SSSR count). The maximum Gasteiger partial charge on any atom is 0.265 e. The van der Waals surface area contributed by atoms with E-state index >= 15 is 0 Å². The number of hydrogen-bond acceptors (Lipinski definition) is 6. The van der Waals surface area contributed by atoms with Crippen LogP contribution >= 0.6 is 11.6 Å². The van der Waals surface area contributed by atoms with Crippen LogP contribution in [0.25, 0.3) is 0 Å². The lowest BCUT2D eigenvalue weighted by Gasteiger charge is -2.34. The summed E-state index contributed by atoms with van der Waals surface area (Å²) in [4.78, 5) is 26.3. The average Bonchev–Trinajstić information content (AvgIpc) is 2.80. The minimum absolute atomic E-state index is 0.0173. The molecule has 2 aliphatic heterocycles. The molecule has 0 spiro atoms. The molecule has 11 heteroatoms. The number of carbonyl (C=O) groups excluding carboxylic acids is 2. The number of piperazine rings is 1. The van der Waals surface area contributed by atoms with E-state index in [0.29, 0.717) is 23.6 Å². The Balaban J connectivity index is 1.51. The normalized spacial score (nSPS) is 18.8. The molecular weight excluding hydrogens is 470 g/mol. The highest BCUT2D eigenvalue weighted by Gasteiger charge is 2.34. The number of benzene rings is 2. The molecule has 0 aromatic heterocycles. The number of sulfonamides is 1. The van der Waals surface area contributed by atoms with Gasteiger partial charge in [0.15, 0.2) is 6.10 Å². The largest absolute Gasteiger partial charge is 0.493 e. The van der Waals surface area contributed by atoms with Crippen molar-refractivity contribution in [2.24, 2.45) is 0 Å². The molecule has 2 aliphatic rings. The topological polar surface area (TPSA) is 105 Å². The predicted molar refractivity (Wildman–Crippen MR) is 122 cm³/mol. The third-order valence-corrected chi connectivity index (χ3v) is 7.89. The Kier molecular flexibility index (Phi) is 6.51. The summed E-state index contributed by atoms with van der Waals surface area (Å²) in [6.07, 6.45) is -0.747. The third kappa shape index (κ3) is 4.50. The summed E-state index contributed by atoms with van der Waals surface area (Å²) in [6, 6.07) is 9.70. The van der Waals surface area contributed by atoms with Gasteiger partial charge in [0.25, 0.3) is 11.8 Å². The molecule has 1 fully saturated rings. The number of fused-ring (bicyclic) bond motifs is 1. The van der Waals surface area contributed by atoms with Gasteiger partial charge in [-0.2, -0.15) is 4.31 Å². The van der Waals surface area contributed by atoms with Crippen molar-refractivity contribution in [3.63, 3.8) is 0 Å². The number of nitrogens with one attached hydrogen (secondary N) is 1. The zero-order valence-corrected chi connectivity index (χ0v) is 19.8. The number of halogens is 1. The van der Waals surface area contributed by atoms with E-state index in [1.807, 2.05) is 6.92 Å². The minimum atomic E-state index is -3.94. The van der Waals surface area contributed by atoms with E-state index in [4.69, 9.17) is 21.1 Å². The van der Waals surface area contributed by atoms with E-state index in [9.17, 15) is 18.0 Å². The number of rotatable bonds is 5. The van der Waals surface area contributed by atoms with Gasteiger partial charge in [0, 0.05) is 32.2 Å². The summed E-state index contributed by atoms with van der Waals surface area (Å²) in [5.41, 5.74) is 0.770. The van der Waals surface area contributed by atoms with Crippen molar-refractivity contribution in [1.82, 2.24) is 9.21 Å². The van der Waals surface area contributed by atoms with Crippen LogP contribution in [-0.4, -0.2) is 68.3 Å². The first kappa shape index (κ1) is 23.3. The van der Waals surface area contributed by atoms with Crippen LogP contribution in [0.2, 0.25) is 5.02 Å². The highest BCUT2D eigenvalue weighted by molar-refractivity contribution is 7.89. The second kappa shape index (κ2) is 9.20. The van der Waals surface area contributed by atoms with E-state index in [2.05, 4.69) is 5.32 Å². The van der Waals surface area contributed by atoms with Gasteiger partial charge in [-0.1, -0.05) is 23.7 Å². The average molecular weight is 494 g/mol. The van der Waals surface area contributed by atoms with E-state index < -0.39 is 16.1 Å². The van der Waals surface area contributed by atoms with Gasteiger partial charge in [-0.05, 0) is 32.0 Å². The molecule has 0 bridgehead atoms. The zero-order chi connectivity index (χ0) is 23.8. The smallest absolute Gasteiger partial charge is 0.265 e. The second-order valence-corrected chi connectivity index (χ2v) is 9.97. The highest BCUT2D eigenvalue weighted by Crippen LogP contribution is 2.38. The molecule has 0 saturated carbocycles. The Labute approximate surface area is 197 Å². The molecule has 1 atom stereocenters. The summed E-state index contributed by atoms with van der Waals surface area (Å²) < 4.78 is 39.0. The molecule has 1 saturated heterocycles. The van der Waals surface area contributed by atoms with Crippen molar-refractivity contribution in [2.75, 3.05) is 38.1 Å². The number of para-hydroxylation sites is 1. The Hall–Kier alpha value is -2.82. The molecule has 2 aromatic carbocycles. The standard InChI is InChI=1S/C22H24ClN3O6S/c1-3-31-18-7-5-4-6-15(18)22(28)25-8-10-26(11-9-25)33(29,30)20-13-19-17(12-16(20)23)24-21(27)14(2)32-19/h4-7,12-14H,3,8-11H2,1-2H3,(H,24,27)/t14-/m1/s1. The molecule has 1 N–H and O–H groups in total.